The standard InChI is InChI=1S/C24H22Cl2N6O2/c1-14-5-2-6-15(11-14)24(34)31-10-4-7-16(12-31)21-27-22-20(23(33)28-21)29-30-32(22)13-17-18(25)8-3-9-19(17)26/h2-3,5-6,8-9,11,16H,4,7,10,12-13H2,1H3,(H,27,28,33)/t16-/m0/s1. The van der Waals surface area contributed by atoms with Crippen molar-refractivity contribution >= 4 is 40.3 Å². The summed E-state index contributed by atoms with van der Waals surface area (Å²) in [5.74, 6) is 0.400. The number of nitrogens with zero attached hydrogens (tertiary/aromatic N) is 5. The zero-order valence-electron chi connectivity index (χ0n) is 18.5. The number of carbonyl (C=O) groups excluding carboxylic acids is 1. The van der Waals surface area contributed by atoms with Crippen LogP contribution in [0.15, 0.2) is 47.3 Å². The molecule has 8 nitrogen and oxygen atoms in total. The van der Waals surface area contributed by atoms with Crippen LogP contribution in [-0.2, 0) is 6.54 Å². The van der Waals surface area contributed by atoms with E-state index in [-0.39, 0.29) is 29.4 Å². The van der Waals surface area contributed by atoms with Crippen molar-refractivity contribution in [1.82, 2.24) is 29.9 Å². The second kappa shape index (κ2) is 9.19. The summed E-state index contributed by atoms with van der Waals surface area (Å²) in [5.41, 5.74) is 2.52. The fraction of sp³-hybridized carbons (Fsp3) is 0.292. The van der Waals surface area contributed by atoms with Crippen LogP contribution in [-0.4, -0.2) is 48.9 Å². The monoisotopic (exact) mass is 496 g/mol. The van der Waals surface area contributed by atoms with Gasteiger partial charge >= 0.3 is 0 Å². The predicted octanol–water partition coefficient (Wildman–Crippen LogP) is 4.20. The molecule has 174 valence electrons. The number of aromatic nitrogens is 5. The van der Waals surface area contributed by atoms with Gasteiger partial charge in [0.15, 0.2) is 11.2 Å². The summed E-state index contributed by atoms with van der Waals surface area (Å²) in [5, 5.41) is 9.12. The largest absolute Gasteiger partial charge is 0.338 e. The van der Waals surface area contributed by atoms with E-state index in [0.717, 1.165) is 18.4 Å². The molecule has 0 saturated carbocycles. The maximum Gasteiger partial charge on any atom is 0.281 e. The molecule has 1 saturated heterocycles. The third-order valence-electron chi connectivity index (χ3n) is 6.12. The molecule has 2 aromatic carbocycles. The SMILES string of the molecule is Cc1cccc(C(=O)N2CCC[C@H](c3nc4c(nnn4Cc4c(Cl)cccc4Cl)c(=O)[nH]3)C2)c1. The number of hydrogen-bond acceptors (Lipinski definition) is 5. The molecule has 0 spiro atoms. The summed E-state index contributed by atoms with van der Waals surface area (Å²) in [6.07, 6.45) is 1.63. The van der Waals surface area contributed by atoms with Crippen LogP contribution in [0.2, 0.25) is 10.0 Å². The number of aryl methyl sites for hydroxylation is 1. The lowest BCUT2D eigenvalue weighted by Crippen LogP contribution is -2.40. The summed E-state index contributed by atoms with van der Waals surface area (Å²) >= 11 is 12.6. The topological polar surface area (TPSA) is 96.8 Å². The number of hydrogen-bond donors (Lipinski definition) is 1. The highest BCUT2D eigenvalue weighted by atomic mass is 35.5. The van der Waals surface area contributed by atoms with Gasteiger partial charge in [-0.3, -0.25) is 9.59 Å². The van der Waals surface area contributed by atoms with E-state index in [9.17, 15) is 9.59 Å². The van der Waals surface area contributed by atoms with Gasteiger partial charge in [0.1, 0.15) is 5.82 Å². The zero-order valence-corrected chi connectivity index (χ0v) is 20.0. The Balaban J connectivity index is 1.45. The Hall–Kier alpha value is -3.23. The molecular weight excluding hydrogens is 475 g/mol. The van der Waals surface area contributed by atoms with Crippen molar-refractivity contribution in [1.29, 1.82) is 0 Å². The van der Waals surface area contributed by atoms with Gasteiger partial charge in [0, 0.05) is 40.2 Å². The molecular formula is C24H22Cl2N6O2. The number of fused-ring (bicyclic) bond motifs is 1. The summed E-state index contributed by atoms with van der Waals surface area (Å²) in [6, 6.07) is 12.8. The molecule has 0 aliphatic carbocycles. The highest BCUT2D eigenvalue weighted by Gasteiger charge is 2.28. The van der Waals surface area contributed by atoms with Gasteiger partial charge in [0.05, 0.1) is 6.54 Å². The van der Waals surface area contributed by atoms with Crippen molar-refractivity contribution in [3.05, 3.63) is 85.4 Å². The number of nitrogens with one attached hydrogen (secondary N) is 1. The number of likely N-dealkylation sites (tertiary alicyclic amines) is 1. The first-order valence-electron chi connectivity index (χ1n) is 11.0. The Morgan fingerprint density at radius 3 is 2.71 bits per heavy atom. The van der Waals surface area contributed by atoms with Gasteiger partial charge in [0.25, 0.3) is 11.5 Å². The molecule has 0 bridgehead atoms. The van der Waals surface area contributed by atoms with Crippen molar-refractivity contribution in [2.75, 3.05) is 13.1 Å². The van der Waals surface area contributed by atoms with E-state index in [1.165, 1.54) is 4.68 Å². The Morgan fingerprint density at radius 2 is 1.94 bits per heavy atom. The smallest absolute Gasteiger partial charge is 0.281 e. The van der Waals surface area contributed by atoms with E-state index in [1.54, 1.807) is 18.2 Å². The number of amides is 1. The van der Waals surface area contributed by atoms with Gasteiger partial charge in [-0.15, -0.1) is 5.10 Å². The van der Waals surface area contributed by atoms with Gasteiger partial charge in [-0.05, 0) is 44.0 Å². The minimum atomic E-state index is -0.362. The molecule has 5 rings (SSSR count). The van der Waals surface area contributed by atoms with Crippen LogP contribution in [0.25, 0.3) is 11.2 Å². The van der Waals surface area contributed by atoms with Crippen molar-refractivity contribution < 1.29 is 4.79 Å². The molecule has 4 aromatic rings. The van der Waals surface area contributed by atoms with E-state index < -0.39 is 0 Å². The average molecular weight is 497 g/mol. The summed E-state index contributed by atoms with van der Waals surface area (Å²) in [6.45, 7) is 3.33. The highest BCUT2D eigenvalue weighted by Crippen LogP contribution is 2.27. The van der Waals surface area contributed by atoms with Crippen molar-refractivity contribution in [2.24, 2.45) is 0 Å². The van der Waals surface area contributed by atoms with Gasteiger partial charge in [-0.1, -0.05) is 52.2 Å². The molecule has 34 heavy (non-hydrogen) atoms. The van der Waals surface area contributed by atoms with Crippen LogP contribution in [0.1, 0.15) is 46.1 Å². The summed E-state index contributed by atoms with van der Waals surface area (Å²) in [4.78, 5) is 35.2. The van der Waals surface area contributed by atoms with Crippen molar-refractivity contribution in [3.63, 3.8) is 0 Å². The van der Waals surface area contributed by atoms with Crippen LogP contribution in [0, 0.1) is 6.92 Å². The number of aromatic amines is 1. The third kappa shape index (κ3) is 4.31. The first-order valence-corrected chi connectivity index (χ1v) is 11.8. The average Bonchev–Trinajstić information content (AvgIpc) is 3.24. The van der Waals surface area contributed by atoms with E-state index in [2.05, 4.69) is 15.3 Å². The number of halogens is 2. The van der Waals surface area contributed by atoms with Gasteiger partial charge < -0.3 is 9.88 Å². The van der Waals surface area contributed by atoms with Gasteiger partial charge in [-0.2, -0.15) is 0 Å². The molecule has 1 aliphatic rings. The number of piperidine rings is 1. The fourth-order valence-corrected chi connectivity index (χ4v) is 4.88. The maximum absolute atomic E-state index is 13.1. The Labute approximate surface area is 205 Å². The molecule has 2 aromatic heterocycles. The van der Waals surface area contributed by atoms with Crippen LogP contribution in [0.3, 0.4) is 0 Å². The van der Waals surface area contributed by atoms with Crippen LogP contribution in [0.5, 0.6) is 0 Å². The quantitative estimate of drug-likeness (QED) is 0.456. The molecule has 10 heteroatoms. The van der Waals surface area contributed by atoms with E-state index in [1.807, 2.05) is 36.1 Å². The number of carbonyl (C=O) groups is 1. The van der Waals surface area contributed by atoms with Crippen molar-refractivity contribution in [2.45, 2.75) is 32.2 Å². The van der Waals surface area contributed by atoms with E-state index in [4.69, 9.17) is 28.2 Å². The molecule has 1 amide bonds. The van der Waals surface area contributed by atoms with Crippen LogP contribution >= 0.6 is 23.2 Å². The summed E-state index contributed by atoms with van der Waals surface area (Å²) in [7, 11) is 0. The predicted molar refractivity (Wildman–Crippen MR) is 131 cm³/mol. The second-order valence-corrected chi connectivity index (χ2v) is 9.34. The first kappa shape index (κ1) is 22.6. The van der Waals surface area contributed by atoms with Crippen LogP contribution in [0.4, 0.5) is 0 Å². The lowest BCUT2D eigenvalue weighted by atomic mass is 9.96. The number of H-pyrrole nitrogens is 1. The molecule has 1 aliphatic heterocycles. The molecule has 1 N–H and O–H groups in total. The first-order chi connectivity index (χ1) is 16.4. The lowest BCUT2D eigenvalue weighted by molar-refractivity contribution is 0.0704. The highest BCUT2D eigenvalue weighted by molar-refractivity contribution is 6.36. The second-order valence-electron chi connectivity index (χ2n) is 8.53. The van der Waals surface area contributed by atoms with E-state index in [0.29, 0.717) is 45.7 Å². The van der Waals surface area contributed by atoms with Crippen molar-refractivity contribution in [3.8, 4) is 0 Å². The Morgan fingerprint density at radius 1 is 1.18 bits per heavy atom. The minimum Gasteiger partial charge on any atom is -0.338 e. The minimum absolute atomic E-state index is 0.0168. The summed E-state index contributed by atoms with van der Waals surface area (Å²) < 4.78 is 1.53. The number of rotatable bonds is 4. The van der Waals surface area contributed by atoms with Gasteiger partial charge in [0.2, 0.25) is 0 Å². The molecule has 0 unspecified atom stereocenters. The lowest BCUT2D eigenvalue weighted by Gasteiger charge is -2.32. The zero-order chi connectivity index (χ0) is 23.8. The Kier molecular flexibility index (Phi) is 6.10. The Bertz CT molecular complexity index is 1430. The molecule has 3 heterocycles. The number of benzene rings is 2. The molecule has 1 atom stereocenters. The van der Waals surface area contributed by atoms with E-state index >= 15 is 0 Å². The molecule has 0 radical (unpaired) electrons. The normalized spacial score (nSPS) is 16.2. The third-order valence-corrected chi connectivity index (χ3v) is 6.83. The molecule has 1 fully saturated rings. The van der Waals surface area contributed by atoms with Gasteiger partial charge in [-0.25, -0.2) is 9.67 Å². The van der Waals surface area contributed by atoms with Crippen LogP contribution < -0.4 is 5.56 Å². The maximum atomic E-state index is 13.1. The fourth-order valence-electron chi connectivity index (χ4n) is 4.36.